The minimum atomic E-state index is -3.74. The molecule has 172 valence electrons. The number of likely N-dealkylation sites (tertiary alicyclic amines) is 1. The van der Waals surface area contributed by atoms with E-state index in [0.717, 1.165) is 24.3 Å². The first kappa shape index (κ1) is 22.1. The summed E-state index contributed by atoms with van der Waals surface area (Å²) in [7, 11) is -3.74. The lowest BCUT2D eigenvalue weighted by atomic mass is 10.2. The van der Waals surface area contributed by atoms with E-state index in [1.165, 1.54) is 28.1 Å². The van der Waals surface area contributed by atoms with Gasteiger partial charge in [0.05, 0.1) is 16.6 Å². The molecule has 2 aromatic carbocycles. The summed E-state index contributed by atoms with van der Waals surface area (Å²) in [4.78, 5) is 16.8. The molecule has 1 fully saturated rings. The van der Waals surface area contributed by atoms with Gasteiger partial charge in [0.25, 0.3) is 15.9 Å². The normalized spacial score (nSPS) is 17.2. The van der Waals surface area contributed by atoms with Crippen LogP contribution in [0.2, 0.25) is 0 Å². The van der Waals surface area contributed by atoms with Crippen LogP contribution < -0.4 is 9.62 Å². The van der Waals surface area contributed by atoms with Crippen LogP contribution in [0.5, 0.6) is 0 Å². The molecule has 1 N–H and O–H groups in total. The second kappa shape index (κ2) is 9.29. The van der Waals surface area contributed by atoms with E-state index in [-0.39, 0.29) is 16.8 Å². The second-order valence-electron chi connectivity index (χ2n) is 8.47. The highest BCUT2D eigenvalue weighted by atomic mass is 32.2. The molecule has 2 aliphatic rings. The van der Waals surface area contributed by atoms with Crippen LogP contribution in [0.4, 0.5) is 5.69 Å². The lowest BCUT2D eigenvalue weighted by Crippen LogP contribution is -2.36. The molecule has 0 unspecified atom stereocenters. The predicted octanol–water partition coefficient (Wildman–Crippen LogP) is 4.07. The Morgan fingerprint density at radius 2 is 1.82 bits per heavy atom. The van der Waals surface area contributed by atoms with Gasteiger partial charge in [-0.3, -0.25) is 14.0 Å². The standard InChI is InChI=1S/C25H27N3O3S2/c29-25(26-18-23(24-11-6-16-32-24)27-13-3-4-14-27)20-8-5-9-21(17-20)33(30,31)28-15-12-19-7-1-2-10-22(19)28/h1-2,5-11,16-17,23H,3-4,12-15,18H2,(H,26,29)/t23-/m1/s1. The molecule has 1 aromatic heterocycles. The van der Waals surface area contributed by atoms with Gasteiger partial charge in [-0.2, -0.15) is 0 Å². The number of amides is 1. The summed E-state index contributed by atoms with van der Waals surface area (Å²) in [5, 5.41) is 5.11. The minimum Gasteiger partial charge on any atom is -0.350 e. The number of para-hydroxylation sites is 1. The van der Waals surface area contributed by atoms with Crippen molar-refractivity contribution in [3.8, 4) is 0 Å². The van der Waals surface area contributed by atoms with Crippen molar-refractivity contribution in [2.24, 2.45) is 0 Å². The van der Waals surface area contributed by atoms with E-state index < -0.39 is 10.0 Å². The Morgan fingerprint density at radius 3 is 2.61 bits per heavy atom. The number of sulfonamides is 1. The van der Waals surface area contributed by atoms with Crippen molar-refractivity contribution < 1.29 is 13.2 Å². The average molecular weight is 482 g/mol. The van der Waals surface area contributed by atoms with Gasteiger partial charge in [0.2, 0.25) is 0 Å². The van der Waals surface area contributed by atoms with Gasteiger partial charge < -0.3 is 5.32 Å². The maximum atomic E-state index is 13.4. The molecule has 3 aromatic rings. The molecule has 2 aliphatic heterocycles. The van der Waals surface area contributed by atoms with Crippen molar-refractivity contribution in [1.29, 1.82) is 0 Å². The van der Waals surface area contributed by atoms with Gasteiger partial charge in [0.1, 0.15) is 0 Å². The molecule has 0 bridgehead atoms. The molecule has 0 saturated carbocycles. The molecule has 0 aliphatic carbocycles. The third-order valence-electron chi connectivity index (χ3n) is 6.44. The van der Waals surface area contributed by atoms with E-state index in [9.17, 15) is 13.2 Å². The van der Waals surface area contributed by atoms with Crippen LogP contribution in [0.15, 0.2) is 70.9 Å². The van der Waals surface area contributed by atoms with Crippen LogP contribution in [0.3, 0.4) is 0 Å². The van der Waals surface area contributed by atoms with Crippen LogP contribution in [0.25, 0.3) is 0 Å². The zero-order valence-corrected chi connectivity index (χ0v) is 19.9. The van der Waals surface area contributed by atoms with Crippen LogP contribution in [0, 0.1) is 0 Å². The number of hydrogen-bond donors (Lipinski definition) is 1. The molecule has 6 nitrogen and oxygen atoms in total. The molecule has 1 saturated heterocycles. The number of anilines is 1. The highest BCUT2D eigenvalue weighted by Gasteiger charge is 2.31. The quantitative estimate of drug-likeness (QED) is 0.552. The Labute approximate surface area is 198 Å². The largest absolute Gasteiger partial charge is 0.350 e. The van der Waals surface area contributed by atoms with Crippen LogP contribution in [-0.4, -0.2) is 45.4 Å². The van der Waals surface area contributed by atoms with E-state index in [4.69, 9.17) is 0 Å². The second-order valence-corrected chi connectivity index (χ2v) is 11.3. The van der Waals surface area contributed by atoms with Gasteiger partial charge >= 0.3 is 0 Å². The summed E-state index contributed by atoms with van der Waals surface area (Å²) >= 11 is 1.70. The van der Waals surface area contributed by atoms with Crippen LogP contribution >= 0.6 is 11.3 Å². The van der Waals surface area contributed by atoms with E-state index in [1.807, 2.05) is 30.3 Å². The number of fused-ring (bicyclic) bond motifs is 1. The van der Waals surface area contributed by atoms with Gasteiger partial charge in [-0.25, -0.2) is 8.42 Å². The van der Waals surface area contributed by atoms with Crippen LogP contribution in [0.1, 0.15) is 39.7 Å². The van der Waals surface area contributed by atoms with Crippen molar-refractivity contribution in [1.82, 2.24) is 10.2 Å². The number of hydrogen-bond acceptors (Lipinski definition) is 5. The molecule has 5 rings (SSSR count). The lowest BCUT2D eigenvalue weighted by Gasteiger charge is -2.27. The molecule has 8 heteroatoms. The molecular weight excluding hydrogens is 454 g/mol. The smallest absolute Gasteiger partial charge is 0.264 e. The lowest BCUT2D eigenvalue weighted by molar-refractivity contribution is 0.0938. The first-order valence-electron chi connectivity index (χ1n) is 11.3. The summed E-state index contributed by atoms with van der Waals surface area (Å²) in [6.07, 6.45) is 3.04. The number of carbonyl (C=O) groups is 1. The number of benzene rings is 2. The zero-order chi connectivity index (χ0) is 22.8. The van der Waals surface area contributed by atoms with Gasteiger partial charge in [-0.15, -0.1) is 11.3 Å². The van der Waals surface area contributed by atoms with Crippen molar-refractivity contribution in [3.63, 3.8) is 0 Å². The Balaban J connectivity index is 1.33. The summed E-state index contributed by atoms with van der Waals surface area (Å²) in [5.74, 6) is -0.255. The molecular formula is C25H27N3O3S2. The highest BCUT2D eigenvalue weighted by molar-refractivity contribution is 7.92. The first-order chi connectivity index (χ1) is 16.0. The van der Waals surface area contributed by atoms with Crippen molar-refractivity contribution in [3.05, 3.63) is 82.0 Å². The fraction of sp³-hybridized carbons (Fsp3) is 0.320. The maximum absolute atomic E-state index is 13.4. The third-order valence-corrected chi connectivity index (χ3v) is 9.22. The average Bonchev–Trinajstić information content (AvgIpc) is 3.61. The monoisotopic (exact) mass is 481 g/mol. The molecule has 1 amide bonds. The Kier molecular flexibility index (Phi) is 6.23. The van der Waals surface area contributed by atoms with Crippen molar-refractivity contribution in [2.45, 2.75) is 30.2 Å². The van der Waals surface area contributed by atoms with Gasteiger partial charge in [-0.1, -0.05) is 30.3 Å². The summed E-state index contributed by atoms with van der Waals surface area (Å²) in [6, 6.07) is 18.2. The Hall–Kier alpha value is -2.68. The van der Waals surface area contributed by atoms with Gasteiger partial charge in [-0.05, 0) is 73.6 Å². The molecule has 33 heavy (non-hydrogen) atoms. The SMILES string of the molecule is O=C(NC[C@H](c1cccs1)N1CCCC1)c1cccc(S(=O)(=O)N2CCc3ccccc32)c1. The predicted molar refractivity (Wildman–Crippen MR) is 131 cm³/mol. The van der Waals surface area contributed by atoms with Crippen LogP contribution in [-0.2, 0) is 16.4 Å². The first-order valence-corrected chi connectivity index (χ1v) is 13.6. The number of nitrogens with zero attached hydrogens (tertiary/aromatic N) is 2. The summed E-state index contributed by atoms with van der Waals surface area (Å²) in [5.41, 5.74) is 2.10. The summed E-state index contributed by atoms with van der Waals surface area (Å²) < 4.78 is 28.2. The zero-order valence-electron chi connectivity index (χ0n) is 18.3. The molecule has 3 heterocycles. The number of nitrogens with one attached hydrogen (secondary N) is 1. The number of rotatable bonds is 7. The Morgan fingerprint density at radius 1 is 1.00 bits per heavy atom. The molecule has 0 spiro atoms. The van der Waals surface area contributed by atoms with E-state index in [1.54, 1.807) is 29.5 Å². The maximum Gasteiger partial charge on any atom is 0.264 e. The van der Waals surface area contributed by atoms with E-state index >= 15 is 0 Å². The fourth-order valence-corrected chi connectivity index (χ4v) is 7.13. The summed E-state index contributed by atoms with van der Waals surface area (Å²) in [6.45, 7) is 2.97. The molecule has 1 atom stereocenters. The topological polar surface area (TPSA) is 69.7 Å². The minimum absolute atomic E-state index is 0.140. The number of thiophene rings is 1. The van der Waals surface area contributed by atoms with E-state index in [0.29, 0.717) is 25.1 Å². The van der Waals surface area contributed by atoms with Crippen molar-refractivity contribution in [2.75, 3.05) is 30.5 Å². The van der Waals surface area contributed by atoms with Crippen molar-refractivity contribution >= 4 is 33.0 Å². The number of carbonyl (C=O) groups excluding carboxylic acids is 1. The third kappa shape index (κ3) is 4.43. The fourth-order valence-electron chi connectivity index (χ4n) is 4.72. The van der Waals surface area contributed by atoms with E-state index in [2.05, 4.69) is 21.7 Å². The highest BCUT2D eigenvalue weighted by Crippen LogP contribution is 2.33. The Bertz CT molecular complexity index is 1240. The van der Waals surface area contributed by atoms with Gasteiger partial charge in [0.15, 0.2) is 0 Å². The van der Waals surface area contributed by atoms with Gasteiger partial charge in [0, 0.05) is 23.5 Å². The molecule has 0 radical (unpaired) electrons.